The van der Waals surface area contributed by atoms with Gasteiger partial charge >= 0.3 is 6.18 Å². The Hall–Kier alpha value is -0.860. The van der Waals surface area contributed by atoms with Crippen molar-refractivity contribution in [1.82, 2.24) is 25.0 Å². The van der Waals surface area contributed by atoms with E-state index in [1.807, 2.05) is 0 Å². The van der Waals surface area contributed by atoms with Crippen LogP contribution >= 0.6 is 12.4 Å². The van der Waals surface area contributed by atoms with Crippen LogP contribution in [-0.2, 0) is 19.1 Å². The van der Waals surface area contributed by atoms with E-state index < -0.39 is 12.0 Å². The van der Waals surface area contributed by atoms with E-state index in [-0.39, 0.29) is 17.8 Å². The third-order valence-electron chi connectivity index (χ3n) is 6.08. The minimum Gasteiger partial charge on any atom is -0.316 e. The van der Waals surface area contributed by atoms with Gasteiger partial charge in [-0.2, -0.15) is 13.2 Å². The minimum absolute atomic E-state index is 0. The van der Waals surface area contributed by atoms with Crippen LogP contribution in [-0.4, -0.2) is 52.4 Å². The molecule has 4 rings (SSSR count). The van der Waals surface area contributed by atoms with Gasteiger partial charge in [0.05, 0.1) is 0 Å². The third kappa shape index (κ3) is 3.80. The van der Waals surface area contributed by atoms with Gasteiger partial charge in [-0.05, 0) is 63.2 Å². The van der Waals surface area contributed by atoms with Crippen LogP contribution in [0.5, 0.6) is 0 Å². The smallest absolute Gasteiger partial charge is 0.316 e. The van der Waals surface area contributed by atoms with E-state index in [2.05, 4.69) is 20.4 Å². The summed E-state index contributed by atoms with van der Waals surface area (Å²) < 4.78 is 40.1. The number of likely N-dealkylation sites (tertiary alicyclic amines) is 1. The Labute approximate surface area is 151 Å². The number of halogens is 4. The number of nitrogens with one attached hydrogen (secondary N) is 1. The second-order valence-electron chi connectivity index (χ2n) is 7.68. The molecule has 0 aliphatic carbocycles. The molecular formula is C16H25ClF3N5. The summed E-state index contributed by atoms with van der Waals surface area (Å²) in [4.78, 5) is 2.53. The maximum atomic E-state index is 13.0. The maximum Gasteiger partial charge on any atom is 0.451 e. The largest absolute Gasteiger partial charge is 0.451 e. The fourth-order valence-corrected chi connectivity index (χ4v) is 4.56. The molecule has 1 spiro atoms. The monoisotopic (exact) mass is 379 g/mol. The van der Waals surface area contributed by atoms with Crippen LogP contribution in [0.15, 0.2) is 0 Å². The molecule has 25 heavy (non-hydrogen) atoms. The Morgan fingerprint density at radius 2 is 1.84 bits per heavy atom. The van der Waals surface area contributed by atoms with Gasteiger partial charge in [-0.1, -0.05) is 0 Å². The van der Waals surface area contributed by atoms with Crippen LogP contribution in [0, 0.1) is 11.3 Å². The van der Waals surface area contributed by atoms with Crippen LogP contribution in [0.25, 0.3) is 0 Å². The predicted octanol–water partition coefficient (Wildman–Crippen LogP) is 2.36. The highest BCUT2D eigenvalue weighted by molar-refractivity contribution is 5.85. The van der Waals surface area contributed by atoms with Crippen LogP contribution in [0.2, 0.25) is 0 Å². The molecule has 0 saturated carbocycles. The molecule has 2 saturated heterocycles. The summed E-state index contributed by atoms with van der Waals surface area (Å²) >= 11 is 0. The second kappa shape index (κ2) is 7.04. The van der Waals surface area contributed by atoms with Crippen molar-refractivity contribution in [3.63, 3.8) is 0 Å². The molecule has 3 aliphatic heterocycles. The first kappa shape index (κ1) is 18.9. The summed E-state index contributed by atoms with van der Waals surface area (Å²) in [5, 5.41) is 10.7. The van der Waals surface area contributed by atoms with Crippen molar-refractivity contribution in [2.45, 2.75) is 44.8 Å². The van der Waals surface area contributed by atoms with Gasteiger partial charge in [0, 0.05) is 19.5 Å². The maximum absolute atomic E-state index is 13.0. The summed E-state index contributed by atoms with van der Waals surface area (Å²) in [7, 11) is 0. The van der Waals surface area contributed by atoms with Crippen LogP contribution < -0.4 is 5.32 Å². The summed E-state index contributed by atoms with van der Waals surface area (Å²) in [5.74, 6) is 0.434. The molecule has 5 nitrogen and oxygen atoms in total. The Kier molecular flexibility index (Phi) is 5.33. The molecule has 1 aromatic rings. The summed E-state index contributed by atoms with van der Waals surface area (Å²) in [5.41, 5.74) is 0.121. The van der Waals surface area contributed by atoms with Crippen LogP contribution in [0.3, 0.4) is 0 Å². The fraction of sp³-hybridized carbons (Fsp3) is 0.875. The minimum atomic E-state index is -4.41. The quantitative estimate of drug-likeness (QED) is 0.857. The zero-order valence-electron chi connectivity index (χ0n) is 14.2. The first-order valence-electron chi connectivity index (χ1n) is 8.88. The summed E-state index contributed by atoms with van der Waals surface area (Å²) in [6, 6.07) is 0. The number of rotatable bonds is 2. The second-order valence-corrected chi connectivity index (χ2v) is 7.68. The first-order valence-corrected chi connectivity index (χ1v) is 8.88. The number of fused-ring (bicyclic) bond motifs is 1. The normalized spacial score (nSPS) is 26.4. The predicted molar refractivity (Wildman–Crippen MR) is 89.7 cm³/mol. The Bertz CT molecular complexity index is 589. The van der Waals surface area contributed by atoms with Crippen LogP contribution in [0.4, 0.5) is 13.2 Å². The molecule has 1 aromatic heterocycles. The number of aromatic nitrogens is 3. The number of piperidine rings is 1. The molecule has 0 unspecified atom stereocenters. The van der Waals surface area contributed by atoms with E-state index in [0.717, 1.165) is 57.9 Å². The Morgan fingerprint density at radius 1 is 1.12 bits per heavy atom. The molecule has 0 aromatic carbocycles. The van der Waals surface area contributed by atoms with Crippen molar-refractivity contribution >= 4 is 12.4 Å². The van der Waals surface area contributed by atoms with Crippen molar-refractivity contribution in [3.05, 3.63) is 11.6 Å². The summed E-state index contributed by atoms with van der Waals surface area (Å²) in [6.45, 7) is 5.89. The number of alkyl halides is 3. The highest BCUT2D eigenvalue weighted by atomic mass is 35.5. The first-order chi connectivity index (χ1) is 11.5. The Morgan fingerprint density at radius 3 is 2.48 bits per heavy atom. The van der Waals surface area contributed by atoms with E-state index in [1.165, 1.54) is 11.0 Å². The molecule has 3 aliphatic rings. The van der Waals surface area contributed by atoms with E-state index in [4.69, 9.17) is 0 Å². The van der Waals surface area contributed by atoms with Gasteiger partial charge < -0.3 is 14.8 Å². The Balaban J connectivity index is 0.00000182. The topological polar surface area (TPSA) is 46.0 Å². The molecular weight excluding hydrogens is 355 g/mol. The molecule has 142 valence electrons. The van der Waals surface area contributed by atoms with E-state index >= 15 is 0 Å². The molecule has 2 fully saturated rings. The molecule has 4 heterocycles. The van der Waals surface area contributed by atoms with Gasteiger partial charge in [-0.3, -0.25) is 0 Å². The van der Waals surface area contributed by atoms with Gasteiger partial charge in [0.15, 0.2) is 0 Å². The molecule has 0 amide bonds. The van der Waals surface area contributed by atoms with E-state index in [9.17, 15) is 13.2 Å². The van der Waals surface area contributed by atoms with Gasteiger partial charge in [0.25, 0.3) is 0 Å². The molecule has 9 heteroatoms. The molecule has 1 atom stereocenters. The van der Waals surface area contributed by atoms with Crippen molar-refractivity contribution in [2.24, 2.45) is 11.3 Å². The fourth-order valence-electron chi connectivity index (χ4n) is 4.56. The zero-order valence-corrected chi connectivity index (χ0v) is 15.0. The SMILES string of the molecule is Cl.FC(F)(F)c1nnc2n1CCC1(CCN(C[C@@H]3CCNC3)CC1)C2. The van der Waals surface area contributed by atoms with E-state index in [1.54, 1.807) is 0 Å². The third-order valence-corrected chi connectivity index (χ3v) is 6.08. The lowest BCUT2D eigenvalue weighted by atomic mass is 9.71. The number of hydrogen-bond acceptors (Lipinski definition) is 4. The molecule has 1 N–H and O–H groups in total. The molecule has 0 radical (unpaired) electrons. The van der Waals surface area contributed by atoms with E-state index in [0.29, 0.717) is 18.8 Å². The van der Waals surface area contributed by atoms with Crippen molar-refractivity contribution in [2.75, 3.05) is 32.7 Å². The van der Waals surface area contributed by atoms with Crippen molar-refractivity contribution < 1.29 is 13.2 Å². The lowest BCUT2D eigenvalue weighted by Crippen LogP contribution is -2.45. The zero-order chi connectivity index (χ0) is 16.8. The van der Waals surface area contributed by atoms with Crippen molar-refractivity contribution in [3.8, 4) is 0 Å². The highest BCUT2D eigenvalue weighted by Gasteiger charge is 2.44. The van der Waals surface area contributed by atoms with Crippen LogP contribution in [0.1, 0.15) is 37.3 Å². The number of hydrogen-bond donors (Lipinski definition) is 1. The average molecular weight is 380 g/mol. The lowest BCUT2D eigenvalue weighted by molar-refractivity contribution is -0.148. The lowest BCUT2D eigenvalue weighted by Gasteiger charge is -2.44. The summed E-state index contributed by atoms with van der Waals surface area (Å²) in [6.07, 6.45) is 0.400. The van der Waals surface area contributed by atoms with Crippen molar-refractivity contribution in [1.29, 1.82) is 0 Å². The van der Waals surface area contributed by atoms with Gasteiger partial charge in [0.1, 0.15) is 5.82 Å². The molecule has 0 bridgehead atoms. The van der Waals surface area contributed by atoms with Gasteiger partial charge in [-0.15, -0.1) is 22.6 Å². The number of nitrogens with zero attached hydrogens (tertiary/aromatic N) is 4. The van der Waals surface area contributed by atoms with Gasteiger partial charge in [-0.25, -0.2) is 0 Å². The standard InChI is InChI=1S/C16H24F3N5.ClH/c17-16(18,19)14-22-21-13-9-15(4-8-24(13)14)2-6-23(7-3-15)11-12-1-5-20-10-12;/h12,20H,1-11H2;1H/t12-;/m1./s1. The average Bonchev–Trinajstić information content (AvgIpc) is 3.18. The van der Waals surface area contributed by atoms with Gasteiger partial charge in [0.2, 0.25) is 5.82 Å². The highest BCUT2D eigenvalue weighted by Crippen LogP contribution is 2.43.